The zero-order valence-electron chi connectivity index (χ0n) is 12.4. The molecule has 2 aromatic rings. The third kappa shape index (κ3) is 3.59. The Morgan fingerprint density at radius 1 is 1.38 bits per heavy atom. The number of pyridine rings is 1. The van der Waals surface area contributed by atoms with Crippen LogP contribution < -0.4 is 17.0 Å². The molecule has 0 aliphatic rings. The number of rotatable bonds is 5. The normalized spacial score (nSPS) is 11.7. The third-order valence-electron chi connectivity index (χ3n) is 3.29. The molecule has 21 heavy (non-hydrogen) atoms. The summed E-state index contributed by atoms with van der Waals surface area (Å²) in [5.74, 6) is 6.27. The molecule has 0 unspecified atom stereocenters. The Balaban J connectivity index is 2.27. The van der Waals surface area contributed by atoms with E-state index in [1.165, 1.54) is 4.88 Å². The maximum atomic E-state index is 6.20. The Morgan fingerprint density at radius 2 is 2.10 bits per heavy atom. The van der Waals surface area contributed by atoms with Crippen molar-refractivity contribution >= 4 is 22.9 Å². The molecule has 5 nitrogen and oxygen atoms in total. The van der Waals surface area contributed by atoms with E-state index in [2.05, 4.69) is 29.2 Å². The van der Waals surface area contributed by atoms with E-state index in [0.29, 0.717) is 12.4 Å². The summed E-state index contributed by atoms with van der Waals surface area (Å²) in [6.45, 7) is 4.76. The van der Waals surface area contributed by atoms with E-state index >= 15 is 0 Å². The molecular weight excluding hydrogens is 282 g/mol. The van der Waals surface area contributed by atoms with Gasteiger partial charge in [0.05, 0.1) is 17.1 Å². The van der Waals surface area contributed by atoms with E-state index in [1.54, 1.807) is 23.7 Å². The predicted octanol–water partition coefficient (Wildman–Crippen LogP) is 2.40. The van der Waals surface area contributed by atoms with Crippen LogP contribution >= 0.6 is 11.3 Å². The van der Waals surface area contributed by atoms with Gasteiger partial charge in [-0.25, -0.2) is 5.84 Å². The number of hydrazine groups is 1. The number of aryl methyl sites for hydroxylation is 1. The van der Waals surface area contributed by atoms with Gasteiger partial charge < -0.3 is 11.2 Å². The van der Waals surface area contributed by atoms with Crippen LogP contribution in [0, 0.1) is 6.92 Å². The molecule has 0 saturated carbocycles. The summed E-state index contributed by atoms with van der Waals surface area (Å²) in [4.78, 5) is 10.8. The van der Waals surface area contributed by atoms with Crippen molar-refractivity contribution in [2.75, 3.05) is 5.73 Å². The number of nitrogens with zero attached hydrogens (tertiary/aromatic N) is 2. The quantitative estimate of drug-likeness (QED) is 0.342. The maximum Gasteiger partial charge on any atom is 0.155 e. The Hall–Kier alpha value is -1.92. The van der Waals surface area contributed by atoms with Crippen LogP contribution in [0.4, 0.5) is 5.69 Å². The molecule has 0 atom stereocenters. The number of hydrogen-bond donors (Lipinski definition) is 3. The van der Waals surface area contributed by atoms with Gasteiger partial charge in [-0.1, -0.05) is 13.3 Å². The number of aliphatic imine (C=N–C) groups is 1. The Labute approximate surface area is 129 Å². The number of anilines is 1. The van der Waals surface area contributed by atoms with Gasteiger partial charge in [0, 0.05) is 17.3 Å². The number of aromatic nitrogens is 1. The summed E-state index contributed by atoms with van der Waals surface area (Å²) in [5, 5.41) is 0. The van der Waals surface area contributed by atoms with Crippen LogP contribution in [0.1, 0.15) is 34.2 Å². The van der Waals surface area contributed by atoms with Crippen LogP contribution in [0.15, 0.2) is 29.5 Å². The zero-order chi connectivity index (χ0) is 15.2. The number of amidine groups is 1. The number of hydrogen-bond acceptors (Lipinski definition) is 5. The van der Waals surface area contributed by atoms with Crippen LogP contribution in [0.5, 0.6) is 0 Å². The second kappa shape index (κ2) is 7.19. The molecule has 2 rings (SSSR count). The smallest absolute Gasteiger partial charge is 0.155 e. The van der Waals surface area contributed by atoms with E-state index in [9.17, 15) is 0 Å². The largest absolute Gasteiger partial charge is 0.397 e. The lowest BCUT2D eigenvalue weighted by atomic mass is 10.1. The van der Waals surface area contributed by atoms with Crippen LogP contribution in [0.25, 0.3) is 0 Å². The van der Waals surface area contributed by atoms with Gasteiger partial charge in [0.25, 0.3) is 0 Å². The van der Waals surface area contributed by atoms with E-state index in [0.717, 1.165) is 34.5 Å². The molecule has 0 bridgehead atoms. The van der Waals surface area contributed by atoms with Crippen molar-refractivity contribution in [3.8, 4) is 0 Å². The summed E-state index contributed by atoms with van der Waals surface area (Å²) in [6.07, 6.45) is 5.63. The molecule has 6 heteroatoms. The highest BCUT2D eigenvalue weighted by molar-refractivity contribution is 7.15. The minimum Gasteiger partial charge on any atom is -0.397 e. The minimum atomic E-state index is 0.543. The lowest BCUT2D eigenvalue weighted by Gasteiger charge is -2.05. The first kappa shape index (κ1) is 15.5. The molecule has 5 N–H and O–H groups in total. The molecule has 0 spiro atoms. The third-order valence-corrected chi connectivity index (χ3v) is 4.66. The SMILES string of the molecule is CCCc1sc(C(=NCc2ccncc2)NN)c(N)c1C. The van der Waals surface area contributed by atoms with Crippen molar-refractivity contribution in [3.63, 3.8) is 0 Å². The van der Waals surface area contributed by atoms with Gasteiger partial charge in [0.1, 0.15) is 0 Å². The summed E-state index contributed by atoms with van der Waals surface area (Å²) in [6, 6.07) is 3.87. The van der Waals surface area contributed by atoms with Crippen LogP contribution in [-0.2, 0) is 13.0 Å². The molecule has 0 fully saturated rings. The van der Waals surface area contributed by atoms with Crippen molar-refractivity contribution in [1.29, 1.82) is 0 Å². The maximum absolute atomic E-state index is 6.20. The number of thiophene rings is 1. The summed E-state index contributed by atoms with van der Waals surface area (Å²) >= 11 is 1.67. The average Bonchev–Trinajstić information content (AvgIpc) is 2.78. The lowest BCUT2D eigenvalue weighted by molar-refractivity contribution is 0.933. The van der Waals surface area contributed by atoms with E-state index in [4.69, 9.17) is 11.6 Å². The van der Waals surface area contributed by atoms with Gasteiger partial charge in [-0.2, -0.15) is 0 Å². The lowest BCUT2D eigenvalue weighted by Crippen LogP contribution is -2.31. The van der Waals surface area contributed by atoms with Crippen molar-refractivity contribution in [2.24, 2.45) is 10.8 Å². The van der Waals surface area contributed by atoms with Crippen molar-refractivity contribution in [2.45, 2.75) is 33.2 Å². The fourth-order valence-corrected chi connectivity index (χ4v) is 3.36. The highest BCUT2D eigenvalue weighted by Crippen LogP contribution is 2.31. The highest BCUT2D eigenvalue weighted by Gasteiger charge is 2.15. The Bertz CT molecular complexity index is 618. The number of nitrogens with two attached hydrogens (primary N) is 2. The fraction of sp³-hybridized carbons (Fsp3) is 0.333. The van der Waals surface area contributed by atoms with Gasteiger partial charge in [-0.3, -0.25) is 9.98 Å². The van der Waals surface area contributed by atoms with Gasteiger partial charge >= 0.3 is 0 Å². The number of nitrogens with one attached hydrogen (secondary N) is 1. The minimum absolute atomic E-state index is 0.543. The fourth-order valence-electron chi connectivity index (χ4n) is 2.06. The van der Waals surface area contributed by atoms with Crippen molar-refractivity contribution in [1.82, 2.24) is 10.4 Å². The monoisotopic (exact) mass is 303 g/mol. The molecule has 2 heterocycles. The first-order valence-electron chi connectivity index (χ1n) is 6.95. The zero-order valence-corrected chi connectivity index (χ0v) is 13.2. The Kier molecular flexibility index (Phi) is 5.30. The Morgan fingerprint density at radius 3 is 2.71 bits per heavy atom. The van der Waals surface area contributed by atoms with Crippen molar-refractivity contribution in [3.05, 3.63) is 45.4 Å². The predicted molar refractivity (Wildman–Crippen MR) is 89.3 cm³/mol. The van der Waals surface area contributed by atoms with Crippen LogP contribution in [0.2, 0.25) is 0 Å². The van der Waals surface area contributed by atoms with Gasteiger partial charge in [0.2, 0.25) is 0 Å². The second-order valence-electron chi connectivity index (χ2n) is 4.81. The average molecular weight is 303 g/mol. The van der Waals surface area contributed by atoms with Gasteiger partial charge in [0.15, 0.2) is 5.84 Å². The molecule has 0 aromatic carbocycles. The summed E-state index contributed by atoms with van der Waals surface area (Å²) in [5.41, 5.74) is 11.9. The molecule has 112 valence electrons. The second-order valence-corrected chi connectivity index (χ2v) is 5.91. The first-order chi connectivity index (χ1) is 10.2. The molecule has 2 aromatic heterocycles. The molecular formula is C15H21N5S. The van der Waals surface area contributed by atoms with Crippen molar-refractivity contribution < 1.29 is 0 Å². The molecule has 0 saturated heterocycles. The first-order valence-corrected chi connectivity index (χ1v) is 7.77. The van der Waals surface area contributed by atoms with E-state index in [1.807, 2.05) is 12.1 Å². The van der Waals surface area contributed by atoms with E-state index < -0.39 is 0 Å². The molecule has 0 amide bonds. The summed E-state index contributed by atoms with van der Waals surface area (Å²) < 4.78 is 0. The molecule has 0 aliphatic carbocycles. The summed E-state index contributed by atoms with van der Waals surface area (Å²) in [7, 11) is 0. The number of nitrogen functional groups attached to an aromatic ring is 1. The van der Waals surface area contributed by atoms with E-state index in [-0.39, 0.29) is 0 Å². The topological polar surface area (TPSA) is 89.3 Å². The van der Waals surface area contributed by atoms with Crippen LogP contribution in [0.3, 0.4) is 0 Å². The van der Waals surface area contributed by atoms with Gasteiger partial charge in [-0.15, -0.1) is 11.3 Å². The molecule has 0 aliphatic heterocycles. The van der Waals surface area contributed by atoms with Gasteiger partial charge in [-0.05, 0) is 36.6 Å². The van der Waals surface area contributed by atoms with Crippen LogP contribution in [-0.4, -0.2) is 10.8 Å². The standard InChI is InChI=1S/C15H21N5S/c1-3-4-12-10(2)13(16)14(21-12)15(20-17)19-9-11-5-7-18-8-6-11/h5-8H,3-4,9,16-17H2,1-2H3,(H,19,20). The molecule has 0 radical (unpaired) electrons. The highest BCUT2D eigenvalue weighted by atomic mass is 32.1.